The van der Waals surface area contributed by atoms with Gasteiger partial charge in [-0.3, -0.25) is 9.59 Å². The largest absolute Gasteiger partial charge is 0.348 e. The van der Waals surface area contributed by atoms with Crippen molar-refractivity contribution in [3.63, 3.8) is 0 Å². The third-order valence-corrected chi connectivity index (χ3v) is 3.78. The average Bonchev–Trinajstić information content (AvgIpc) is 2.56. The van der Waals surface area contributed by atoms with Crippen molar-refractivity contribution in [1.29, 1.82) is 5.26 Å². The van der Waals surface area contributed by atoms with Crippen LogP contribution in [0.25, 0.3) is 0 Å². The maximum absolute atomic E-state index is 12.2. The topological polar surface area (TPSA) is 87.8 Å². The molecule has 0 bridgehead atoms. The van der Waals surface area contributed by atoms with Crippen molar-refractivity contribution in [3.05, 3.63) is 63.6 Å². The van der Waals surface area contributed by atoms with E-state index in [1.54, 1.807) is 0 Å². The molecule has 130 valence electrons. The minimum absolute atomic E-state index is 0.0983. The van der Waals surface area contributed by atoms with E-state index in [0.29, 0.717) is 5.92 Å². The fourth-order valence-electron chi connectivity index (χ4n) is 2.54. The monoisotopic (exact) mass is 338 g/mol. The Labute approximate surface area is 147 Å². The first-order valence-electron chi connectivity index (χ1n) is 8.25. The van der Waals surface area contributed by atoms with Gasteiger partial charge in [-0.2, -0.15) is 10.4 Å². The van der Waals surface area contributed by atoms with Gasteiger partial charge in [-0.05, 0) is 36.5 Å². The summed E-state index contributed by atoms with van der Waals surface area (Å²) in [6.45, 7) is 6.02. The molecule has 1 aromatic carbocycles. The van der Waals surface area contributed by atoms with E-state index >= 15 is 0 Å². The maximum atomic E-state index is 12.2. The molecule has 2 rings (SSSR count). The van der Waals surface area contributed by atoms with Gasteiger partial charge in [-0.15, -0.1) is 0 Å². The number of nitriles is 1. The van der Waals surface area contributed by atoms with Gasteiger partial charge in [-0.25, -0.2) is 4.68 Å². The highest BCUT2D eigenvalue weighted by Crippen LogP contribution is 2.15. The van der Waals surface area contributed by atoms with Gasteiger partial charge in [-0.1, -0.05) is 38.1 Å². The van der Waals surface area contributed by atoms with Crippen LogP contribution >= 0.6 is 0 Å². The number of nitrogens with zero attached hydrogens (tertiary/aromatic N) is 3. The third-order valence-electron chi connectivity index (χ3n) is 3.78. The SMILES string of the molecule is CC(C)Cc1ccc(C(C)NC(=O)Cn2nc(C#N)ccc2=O)cc1. The summed E-state index contributed by atoms with van der Waals surface area (Å²) < 4.78 is 0.992. The summed E-state index contributed by atoms with van der Waals surface area (Å²) in [5, 5.41) is 15.5. The number of amides is 1. The third kappa shape index (κ3) is 5.28. The number of nitrogens with one attached hydrogen (secondary N) is 1. The van der Waals surface area contributed by atoms with Gasteiger partial charge in [0, 0.05) is 6.07 Å². The Hall–Kier alpha value is -2.94. The second-order valence-corrected chi connectivity index (χ2v) is 6.46. The average molecular weight is 338 g/mol. The number of rotatable bonds is 6. The molecule has 0 aliphatic heterocycles. The lowest BCUT2D eigenvalue weighted by Crippen LogP contribution is -2.35. The molecule has 0 radical (unpaired) electrons. The highest BCUT2D eigenvalue weighted by atomic mass is 16.2. The van der Waals surface area contributed by atoms with Crippen molar-refractivity contribution >= 4 is 5.91 Å². The van der Waals surface area contributed by atoms with Gasteiger partial charge in [0.05, 0.1) is 6.04 Å². The fourth-order valence-corrected chi connectivity index (χ4v) is 2.54. The van der Waals surface area contributed by atoms with E-state index < -0.39 is 5.56 Å². The van der Waals surface area contributed by atoms with Crippen molar-refractivity contribution in [2.45, 2.75) is 39.8 Å². The van der Waals surface area contributed by atoms with E-state index in [0.717, 1.165) is 16.7 Å². The number of hydrogen-bond donors (Lipinski definition) is 1. The predicted molar refractivity (Wildman–Crippen MR) is 94.8 cm³/mol. The highest BCUT2D eigenvalue weighted by Gasteiger charge is 2.12. The Balaban J connectivity index is 2.00. The number of aromatic nitrogens is 2. The molecule has 0 aliphatic rings. The van der Waals surface area contributed by atoms with Crippen molar-refractivity contribution in [2.75, 3.05) is 0 Å². The molecule has 25 heavy (non-hydrogen) atoms. The number of carbonyl (C=O) groups is 1. The molecule has 0 aliphatic carbocycles. The molecule has 6 nitrogen and oxygen atoms in total. The lowest BCUT2D eigenvalue weighted by molar-refractivity contribution is -0.122. The van der Waals surface area contributed by atoms with Crippen LogP contribution in [0.15, 0.2) is 41.2 Å². The molecule has 0 spiro atoms. The van der Waals surface area contributed by atoms with Crippen LogP contribution in [0.5, 0.6) is 0 Å². The van der Waals surface area contributed by atoms with Crippen LogP contribution < -0.4 is 10.9 Å². The first kappa shape index (κ1) is 18.4. The molecular formula is C19H22N4O2. The smallest absolute Gasteiger partial charge is 0.267 e. The highest BCUT2D eigenvalue weighted by molar-refractivity contribution is 5.76. The van der Waals surface area contributed by atoms with Crippen molar-refractivity contribution < 1.29 is 4.79 Å². The van der Waals surface area contributed by atoms with E-state index in [4.69, 9.17) is 5.26 Å². The fraction of sp³-hybridized carbons (Fsp3) is 0.368. The summed E-state index contributed by atoms with van der Waals surface area (Å²) in [6.07, 6.45) is 1.02. The number of benzene rings is 1. The van der Waals surface area contributed by atoms with Crippen LogP contribution in [0.1, 0.15) is 43.6 Å². The van der Waals surface area contributed by atoms with Gasteiger partial charge in [0.15, 0.2) is 5.69 Å². The van der Waals surface area contributed by atoms with E-state index in [9.17, 15) is 9.59 Å². The Bertz CT molecular complexity index is 832. The second kappa shape index (κ2) is 8.25. The Morgan fingerprint density at radius 2 is 1.88 bits per heavy atom. The van der Waals surface area contributed by atoms with Crippen molar-refractivity contribution in [3.8, 4) is 6.07 Å². The van der Waals surface area contributed by atoms with Crippen LogP contribution in [0, 0.1) is 17.2 Å². The second-order valence-electron chi connectivity index (χ2n) is 6.46. The summed E-state index contributed by atoms with van der Waals surface area (Å²) in [5.74, 6) is 0.265. The van der Waals surface area contributed by atoms with Crippen molar-refractivity contribution in [1.82, 2.24) is 15.1 Å². The zero-order valence-corrected chi connectivity index (χ0v) is 14.7. The van der Waals surface area contributed by atoms with Crippen LogP contribution in [-0.4, -0.2) is 15.7 Å². The molecule has 0 saturated carbocycles. The quantitative estimate of drug-likeness (QED) is 0.874. The van der Waals surface area contributed by atoms with E-state index in [1.165, 1.54) is 17.7 Å². The van der Waals surface area contributed by atoms with Gasteiger partial charge in [0.2, 0.25) is 5.91 Å². The number of carbonyl (C=O) groups excluding carboxylic acids is 1. The van der Waals surface area contributed by atoms with Gasteiger partial charge < -0.3 is 5.32 Å². The maximum Gasteiger partial charge on any atom is 0.267 e. The van der Waals surface area contributed by atoms with Crippen LogP contribution in [-0.2, 0) is 17.8 Å². The first-order chi connectivity index (χ1) is 11.9. The van der Waals surface area contributed by atoms with Gasteiger partial charge in [0.1, 0.15) is 12.6 Å². The predicted octanol–water partition coefficient (Wildman–Crippen LogP) is 2.19. The first-order valence-corrected chi connectivity index (χ1v) is 8.25. The molecule has 0 saturated heterocycles. The number of hydrogen-bond acceptors (Lipinski definition) is 4. The summed E-state index contributed by atoms with van der Waals surface area (Å²) in [4.78, 5) is 23.9. The van der Waals surface area contributed by atoms with E-state index in [-0.39, 0.29) is 24.2 Å². The lowest BCUT2D eigenvalue weighted by Gasteiger charge is -2.15. The molecule has 2 aromatic rings. The standard InChI is InChI=1S/C19H22N4O2/c1-13(2)10-15-4-6-16(7-5-15)14(3)21-18(24)12-23-19(25)9-8-17(11-20)22-23/h4-9,13-14H,10,12H2,1-3H3,(H,21,24). The van der Waals surface area contributed by atoms with Gasteiger partial charge in [0.25, 0.3) is 5.56 Å². The normalized spacial score (nSPS) is 11.8. The zero-order valence-electron chi connectivity index (χ0n) is 14.7. The van der Waals surface area contributed by atoms with Crippen LogP contribution in [0.3, 0.4) is 0 Å². The molecule has 1 N–H and O–H groups in total. The van der Waals surface area contributed by atoms with E-state index in [1.807, 2.05) is 25.1 Å². The molecule has 1 aromatic heterocycles. The molecule has 1 amide bonds. The van der Waals surface area contributed by atoms with Crippen LogP contribution in [0.4, 0.5) is 0 Å². The molecule has 1 atom stereocenters. The zero-order chi connectivity index (χ0) is 18.4. The summed E-state index contributed by atoms with van der Waals surface area (Å²) in [6, 6.07) is 12.4. The van der Waals surface area contributed by atoms with Crippen LogP contribution in [0.2, 0.25) is 0 Å². The molecule has 1 heterocycles. The van der Waals surface area contributed by atoms with E-state index in [2.05, 4.69) is 36.4 Å². The minimum atomic E-state index is -0.417. The van der Waals surface area contributed by atoms with Crippen molar-refractivity contribution in [2.24, 2.45) is 5.92 Å². The molecule has 1 unspecified atom stereocenters. The Morgan fingerprint density at radius 1 is 1.20 bits per heavy atom. The lowest BCUT2D eigenvalue weighted by atomic mass is 10.00. The minimum Gasteiger partial charge on any atom is -0.348 e. The van der Waals surface area contributed by atoms with Gasteiger partial charge >= 0.3 is 0 Å². The summed E-state index contributed by atoms with van der Waals surface area (Å²) >= 11 is 0. The Kier molecular flexibility index (Phi) is 6.07. The molecular weight excluding hydrogens is 316 g/mol. The molecule has 0 fully saturated rings. The summed E-state index contributed by atoms with van der Waals surface area (Å²) in [5.41, 5.74) is 1.94. The summed E-state index contributed by atoms with van der Waals surface area (Å²) in [7, 11) is 0. The Morgan fingerprint density at radius 3 is 2.48 bits per heavy atom. The molecule has 6 heteroatoms.